The lowest BCUT2D eigenvalue weighted by molar-refractivity contribution is -0.138. The standard InChI is InChI=1S/C39H38F4N8O5/c1-44-36(53)25-5-3-4-6-29(25)46-31-18-34(45-19-27(31)39(41,42)43)47-30-8-7-24(16-33(30)56-2)50-13-11-49(12-14-50)20-23-15-22-21-51(38(55)26(22)17-28(23)40)32-9-10-35(52)48-37(32)54/h3-8,15-19,32H,9-14,20-21H2,1-2H3,(H,44,53)(H2,45,46,47)(H,48,52,54). The van der Waals surface area contributed by atoms with Gasteiger partial charge in [0.2, 0.25) is 11.8 Å². The summed E-state index contributed by atoms with van der Waals surface area (Å²) in [6.45, 7) is 2.91. The van der Waals surface area contributed by atoms with Crippen LogP contribution in [0.4, 0.5) is 46.1 Å². The number of carbonyl (C=O) groups is 4. The van der Waals surface area contributed by atoms with Gasteiger partial charge in [-0.05, 0) is 48.4 Å². The van der Waals surface area contributed by atoms with Crippen molar-refractivity contribution < 1.29 is 41.5 Å². The number of para-hydroxylation sites is 1. The summed E-state index contributed by atoms with van der Waals surface area (Å²) in [6.07, 6.45) is -3.65. The molecule has 17 heteroatoms. The Hall–Kier alpha value is -6.23. The summed E-state index contributed by atoms with van der Waals surface area (Å²) in [5.74, 6) is -1.77. The van der Waals surface area contributed by atoms with Crippen molar-refractivity contribution in [3.63, 3.8) is 0 Å². The molecule has 0 radical (unpaired) electrons. The fourth-order valence-corrected chi connectivity index (χ4v) is 7.21. The van der Waals surface area contributed by atoms with E-state index in [9.17, 15) is 32.3 Å². The summed E-state index contributed by atoms with van der Waals surface area (Å²) in [4.78, 5) is 59.1. The van der Waals surface area contributed by atoms with Crippen LogP contribution in [0.15, 0.2) is 66.9 Å². The highest BCUT2D eigenvalue weighted by atomic mass is 19.4. The number of carbonyl (C=O) groups excluding carboxylic acids is 4. The number of piperidine rings is 1. The maximum Gasteiger partial charge on any atom is 0.419 e. The molecule has 0 bridgehead atoms. The highest BCUT2D eigenvalue weighted by Crippen LogP contribution is 2.39. The molecule has 1 aromatic heterocycles. The minimum absolute atomic E-state index is 0.101. The normalized spacial score (nSPS) is 17.4. The zero-order chi connectivity index (χ0) is 39.7. The summed E-state index contributed by atoms with van der Waals surface area (Å²) in [7, 11) is 2.91. The van der Waals surface area contributed by atoms with Crippen LogP contribution in [-0.4, -0.2) is 84.8 Å². The van der Waals surface area contributed by atoms with E-state index in [2.05, 4.69) is 36.1 Å². The predicted octanol–water partition coefficient (Wildman–Crippen LogP) is 5.18. The number of piperazine rings is 1. The van der Waals surface area contributed by atoms with Gasteiger partial charge in [0.15, 0.2) is 0 Å². The first-order valence-electron chi connectivity index (χ1n) is 17.9. The maximum absolute atomic E-state index is 15.3. The summed E-state index contributed by atoms with van der Waals surface area (Å²) in [6, 6.07) is 15.0. The second-order valence-corrected chi connectivity index (χ2v) is 13.6. The molecule has 0 spiro atoms. The highest BCUT2D eigenvalue weighted by molar-refractivity contribution is 6.05. The third kappa shape index (κ3) is 7.80. The number of rotatable bonds is 10. The Morgan fingerprint density at radius 3 is 2.45 bits per heavy atom. The Balaban J connectivity index is 1.01. The molecule has 4 aromatic rings. The number of hydrogen-bond acceptors (Lipinski definition) is 10. The number of halogens is 4. The van der Waals surface area contributed by atoms with E-state index in [1.165, 1.54) is 43.3 Å². The molecular weight excluding hydrogens is 736 g/mol. The third-order valence-electron chi connectivity index (χ3n) is 10.1. The van der Waals surface area contributed by atoms with E-state index in [0.717, 1.165) is 11.9 Å². The first-order valence-corrected chi connectivity index (χ1v) is 17.9. The van der Waals surface area contributed by atoms with Crippen molar-refractivity contribution in [1.29, 1.82) is 0 Å². The van der Waals surface area contributed by atoms with Crippen LogP contribution in [-0.2, 0) is 28.9 Å². The summed E-state index contributed by atoms with van der Waals surface area (Å²) in [5.41, 5.74) is 1.65. The van der Waals surface area contributed by atoms with Gasteiger partial charge in [-0.3, -0.25) is 29.4 Å². The number of imide groups is 1. The van der Waals surface area contributed by atoms with Gasteiger partial charge in [0.1, 0.15) is 23.4 Å². The minimum atomic E-state index is -4.73. The van der Waals surface area contributed by atoms with Crippen LogP contribution in [0.5, 0.6) is 5.75 Å². The van der Waals surface area contributed by atoms with E-state index in [4.69, 9.17) is 4.74 Å². The largest absolute Gasteiger partial charge is 0.494 e. The number of hydrogen-bond donors (Lipinski definition) is 4. The maximum atomic E-state index is 15.3. The lowest BCUT2D eigenvalue weighted by atomic mass is 10.0. The van der Waals surface area contributed by atoms with Gasteiger partial charge in [0.25, 0.3) is 11.8 Å². The van der Waals surface area contributed by atoms with Crippen molar-refractivity contribution in [1.82, 2.24) is 25.4 Å². The number of anilines is 5. The van der Waals surface area contributed by atoms with Crippen molar-refractivity contribution in [3.8, 4) is 5.75 Å². The number of pyridine rings is 1. The number of amides is 4. The van der Waals surface area contributed by atoms with Crippen LogP contribution in [0.25, 0.3) is 0 Å². The van der Waals surface area contributed by atoms with Crippen LogP contribution < -0.4 is 30.9 Å². The number of benzene rings is 3. The fourth-order valence-electron chi connectivity index (χ4n) is 7.21. The average molecular weight is 775 g/mol. The van der Waals surface area contributed by atoms with E-state index < -0.39 is 41.3 Å². The Morgan fingerprint density at radius 1 is 0.964 bits per heavy atom. The first kappa shape index (κ1) is 38.1. The van der Waals surface area contributed by atoms with Gasteiger partial charge in [-0.2, -0.15) is 13.2 Å². The summed E-state index contributed by atoms with van der Waals surface area (Å²) >= 11 is 0. The van der Waals surface area contributed by atoms with Gasteiger partial charge in [0, 0.05) is 87.9 Å². The van der Waals surface area contributed by atoms with Crippen LogP contribution in [0.3, 0.4) is 0 Å². The number of nitrogens with one attached hydrogen (secondary N) is 4. The number of methoxy groups -OCH3 is 1. The van der Waals surface area contributed by atoms with E-state index in [1.54, 1.807) is 24.3 Å². The molecule has 7 rings (SSSR count). The van der Waals surface area contributed by atoms with Gasteiger partial charge in [0.05, 0.1) is 35.3 Å². The van der Waals surface area contributed by atoms with Crippen LogP contribution in [0, 0.1) is 5.82 Å². The zero-order valence-electron chi connectivity index (χ0n) is 30.4. The molecule has 4 N–H and O–H groups in total. The average Bonchev–Trinajstić information content (AvgIpc) is 3.48. The first-order chi connectivity index (χ1) is 26.8. The number of ether oxygens (including phenoxy) is 1. The van der Waals surface area contributed by atoms with Gasteiger partial charge in [-0.1, -0.05) is 12.1 Å². The third-order valence-corrected chi connectivity index (χ3v) is 10.1. The number of nitrogens with zero attached hydrogens (tertiary/aromatic N) is 4. The smallest absolute Gasteiger partial charge is 0.419 e. The fraction of sp³-hybridized carbons (Fsp3) is 0.308. The molecule has 13 nitrogen and oxygen atoms in total. The predicted molar refractivity (Wildman–Crippen MR) is 199 cm³/mol. The molecule has 3 aliphatic heterocycles. The Labute approximate surface area is 319 Å². The minimum Gasteiger partial charge on any atom is -0.494 e. The van der Waals surface area contributed by atoms with Crippen molar-refractivity contribution in [3.05, 3.63) is 100 Å². The van der Waals surface area contributed by atoms with E-state index in [0.29, 0.717) is 55.3 Å². The molecular formula is C39H38F4N8O5. The molecule has 0 aliphatic carbocycles. The van der Waals surface area contributed by atoms with Crippen molar-refractivity contribution >= 4 is 52.2 Å². The molecule has 2 saturated heterocycles. The number of alkyl halides is 3. The van der Waals surface area contributed by atoms with Gasteiger partial charge < -0.3 is 30.5 Å². The molecule has 3 aliphatic rings. The monoisotopic (exact) mass is 774 g/mol. The van der Waals surface area contributed by atoms with E-state index in [-0.39, 0.29) is 53.6 Å². The Kier molecular flexibility index (Phi) is 10.5. The lowest BCUT2D eigenvalue weighted by Gasteiger charge is -2.36. The summed E-state index contributed by atoms with van der Waals surface area (Å²) < 4.78 is 63.0. The molecule has 56 heavy (non-hydrogen) atoms. The van der Waals surface area contributed by atoms with Gasteiger partial charge in [-0.15, -0.1) is 0 Å². The second-order valence-electron chi connectivity index (χ2n) is 13.6. The quantitative estimate of drug-likeness (QED) is 0.126. The molecule has 1 unspecified atom stereocenters. The van der Waals surface area contributed by atoms with Crippen molar-refractivity contribution in [2.75, 3.05) is 55.9 Å². The topological polar surface area (TPSA) is 148 Å². The van der Waals surface area contributed by atoms with Crippen LogP contribution >= 0.6 is 0 Å². The Bertz CT molecular complexity index is 2210. The second kappa shape index (κ2) is 15.5. The molecule has 1 atom stereocenters. The van der Waals surface area contributed by atoms with Gasteiger partial charge in [-0.25, -0.2) is 9.37 Å². The van der Waals surface area contributed by atoms with Crippen molar-refractivity contribution in [2.24, 2.45) is 0 Å². The SMILES string of the molecule is CNC(=O)c1ccccc1Nc1cc(Nc2ccc(N3CCN(Cc4cc5c(cc4F)C(=O)N(C4CCC(=O)NC4=O)C5)CC3)cc2OC)ncc1C(F)(F)F. The molecule has 3 aromatic carbocycles. The van der Waals surface area contributed by atoms with Crippen LogP contribution in [0.1, 0.15) is 50.2 Å². The van der Waals surface area contributed by atoms with Crippen molar-refractivity contribution in [2.45, 2.75) is 38.1 Å². The lowest BCUT2D eigenvalue weighted by Crippen LogP contribution is -2.52. The molecule has 2 fully saturated rings. The number of aromatic nitrogens is 1. The molecule has 292 valence electrons. The van der Waals surface area contributed by atoms with E-state index >= 15 is 4.39 Å². The Morgan fingerprint density at radius 2 is 1.73 bits per heavy atom. The number of fused-ring (bicyclic) bond motifs is 1. The zero-order valence-corrected chi connectivity index (χ0v) is 30.4. The van der Waals surface area contributed by atoms with Gasteiger partial charge >= 0.3 is 6.18 Å². The van der Waals surface area contributed by atoms with Crippen LogP contribution in [0.2, 0.25) is 0 Å². The summed E-state index contributed by atoms with van der Waals surface area (Å²) in [5, 5.41) is 10.6. The molecule has 4 amide bonds. The molecule has 0 saturated carbocycles. The van der Waals surface area contributed by atoms with E-state index in [1.807, 2.05) is 12.1 Å². The highest BCUT2D eigenvalue weighted by Gasteiger charge is 2.40. The molecule has 4 heterocycles.